The van der Waals surface area contributed by atoms with Crippen LogP contribution in [0.3, 0.4) is 0 Å². The van der Waals surface area contributed by atoms with Gasteiger partial charge in [0.15, 0.2) is 0 Å². The van der Waals surface area contributed by atoms with Crippen LogP contribution in [0.1, 0.15) is 34.8 Å². The monoisotopic (exact) mass is 282 g/mol. The van der Waals surface area contributed by atoms with E-state index in [0.717, 1.165) is 55.1 Å². The van der Waals surface area contributed by atoms with Gasteiger partial charge >= 0.3 is 0 Å². The van der Waals surface area contributed by atoms with Crippen molar-refractivity contribution in [1.29, 1.82) is 0 Å². The normalized spacial score (nSPS) is 17.4. The van der Waals surface area contributed by atoms with Gasteiger partial charge in [0.25, 0.3) is 0 Å². The molecule has 0 fully saturated rings. The van der Waals surface area contributed by atoms with Crippen molar-refractivity contribution in [2.24, 2.45) is 0 Å². The number of benzene rings is 2. The summed E-state index contributed by atoms with van der Waals surface area (Å²) < 4.78 is 11.1. The zero-order chi connectivity index (χ0) is 14.2. The fourth-order valence-corrected chi connectivity index (χ4v) is 3.12. The Morgan fingerprint density at radius 2 is 1.43 bits per heavy atom. The zero-order valence-corrected chi connectivity index (χ0v) is 11.8. The van der Waals surface area contributed by atoms with Crippen molar-refractivity contribution in [3.05, 3.63) is 58.7 Å². The van der Waals surface area contributed by atoms with Crippen LogP contribution in [-0.2, 0) is 12.8 Å². The van der Waals surface area contributed by atoms with Gasteiger partial charge in [-0.05, 0) is 59.4 Å². The molecule has 1 N–H and O–H groups in total. The van der Waals surface area contributed by atoms with Gasteiger partial charge in [-0.3, -0.25) is 0 Å². The number of aliphatic hydroxyl groups excluding tert-OH is 1. The van der Waals surface area contributed by atoms with E-state index < -0.39 is 6.10 Å². The number of aliphatic hydroxyl groups is 1. The second kappa shape index (κ2) is 5.08. The Hall–Kier alpha value is -2.00. The minimum Gasteiger partial charge on any atom is -0.493 e. The molecule has 4 rings (SSSR count). The Labute approximate surface area is 124 Å². The van der Waals surface area contributed by atoms with Crippen molar-refractivity contribution >= 4 is 0 Å². The third kappa shape index (κ3) is 2.28. The molecule has 3 nitrogen and oxygen atoms in total. The average molecular weight is 282 g/mol. The lowest BCUT2D eigenvalue weighted by atomic mass is 9.95. The summed E-state index contributed by atoms with van der Waals surface area (Å²) in [6.07, 6.45) is 2.40. The Kier molecular flexibility index (Phi) is 3.08. The van der Waals surface area contributed by atoms with Gasteiger partial charge in [-0.2, -0.15) is 0 Å². The third-order valence-electron chi connectivity index (χ3n) is 4.28. The van der Waals surface area contributed by atoms with Gasteiger partial charge in [0.05, 0.1) is 13.2 Å². The molecule has 0 radical (unpaired) electrons. The molecule has 0 saturated carbocycles. The van der Waals surface area contributed by atoms with Crippen molar-refractivity contribution in [3.8, 4) is 11.5 Å². The van der Waals surface area contributed by atoms with E-state index >= 15 is 0 Å². The fraction of sp³-hybridized carbons (Fsp3) is 0.333. The molecule has 2 aliphatic heterocycles. The lowest BCUT2D eigenvalue weighted by molar-refractivity contribution is 0.219. The number of rotatable bonds is 2. The van der Waals surface area contributed by atoms with Gasteiger partial charge in [0.1, 0.15) is 17.6 Å². The number of aryl methyl sites for hydroxylation is 1. The second-order valence-electron chi connectivity index (χ2n) is 5.69. The van der Waals surface area contributed by atoms with E-state index in [4.69, 9.17) is 9.47 Å². The Bertz CT molecular complexity index is 678. The van der Waals surface area contributed by atoms with Crippen molar-refractivity contribution in [1.82, 2.24) is 0 Å². The molecule has 2 aromatic rings. The fourth-order valence-electron chi connectivity index (χ4n) is 3.12. The molecule has 0 amide bonds. The first-order valence-corrected chi connectivity index (χ1v) is 7.50. The van der Waals surface area contributed by atoms with E-state index in [0.29, 0.717) is 0 Å². The highest BCUT2D eigenvalue weighted by molar-refractivity contribution is 5.45. The summed E-state index contributed by atoms with van der Waals surface area (Å²) >= 11 is 0. The third-order valence-corrected chi connectivity index (χ3v) is 4.28. The van der Waals surface area contributed by atoms with Crippen LogP contribution in [0.25, 0.3) is 0 Å². The van der Waals surface area contributed by atoms with Gasteiger partial charge in [0, 0.05) is 6.42 Å². The number of hydrogen-bond donors (Lipinski definition) is 1. The van der Waals surface area contributed by atoms with E-state index in [1.807, 2.05) is 24.3 Å². The summed E-state index contributed by atoms with van der Waals surface area (Å²) in [6.45, 7) is 1.53. The molecule has 2 aromatic carbocycles. The summed E-state index contributed by atoms with van der Waals surface area (Å²) in [5, 5.41) is 10.6. The van der Waals surface area contributed by atoms with Crippen LogP contribution >= 0.6 is 0 Å². The van der Waals surface area contributed by atoms with E-state index in [1.54, 1.807) is 0 Å². The summed E-state index contributed by atoms with van der Waals surface area (Å²) in [4.78, 5) is 0. The van der Waals surface area contributed by atoms with Crippen molar-refractivity contribution < 1.29 is 14.6 Å². The van der Waals surface area contributed by atoms with Crippen LogP contribution in [0.4, 0.5) is 0 Å². The SMILES string of the molecule is OC(c1ccc2c(c1)CCCO2)c1ccc2c(c1)CCO2. The molecule has 0 saturated heterocycles. The smallest absolute Gasteiger partial charge is 0.122 e. The molecule has 21 heavy (non-hydrogen) atoms. The van der Waals surface area contributed by atoms with Crippen LogP contribution in [0.15, 0.2) is 36.4 Å². The molecular weight excluding hydrogens is 264 g/mol. The molecule has 2 aliphatic rings. The first-order chi connectivity index (χ1) is 10.3. The maximum atomic E-state index is 10.6. The van der Waals surface area contributed by atoms with Crippen molar-refractivity contribution in [2.75, 3.05) is 13.2 Å². The molecule has 1 unspecified atom stereocenters. The quantitative estimate of drug-likeness (QED) is 0.920. The first kappa shape index (κ1) is 12.7. The zero-order valence-electron chi connectivity index (χ0n) is 11.8. The number of ether oxygens (including phenoxy) is 2. The summed E-state index contributed by atoms with van der Waals surface area (Å²) in [5.41, 5.74) is 4.24. The van der Waals surface area contributed by atoms with E-state index in [2.05, 4.69) is 12.1 Å². The van der Waals surface area contributed by atoms with Gasteiger partial charge in [-0.1, -0.05) is 12.1 Å². The van der Waals surface area contributed by atoms with Gasteiger partial charge in [-0.15, -0.1) is 0 Å². The predicted octanol–water partition coefficient (Wildman–Crippen LogP) is 3.03. The van der Waals surface area contributed by atoms with Crippen LogP contribution in [-0.4, -0.2) is 18.3 Å². The van der Waals surface area contributed by atoms with Crippen LogP contribution in [0, 0.1) is 0 Å². The number of hydrogen-bond acceptors (Lipinski definition) is 3. The van der Waals surface area contributed by atoms with E-state index in [-0.39, 0.29) is 0 Å². The summed E-state index contributed by atoms with van der Waals surface area (Å²) in [5.74, 6) is 1.91. The predicted molar refractivity (Wildman–Crippen MR) is 80.0 cm³/mol. The summed E-state index contributed by atoms with van der Waals surface area (Å²) in [7, 11) is 0. The molecular formula is C18H18O3. The van der Waals surface area contributed by atoms with Crippen LogP contribution in [0.5, 0.6) is 11.5 Å². The highest BCUT2D eigenvalue weighted by atomic mass is 16.5. The first-order valence-electron chi connectivity index (χ1n) is 7.50. The Morgan fingerprint density at radius 3 is 2.14 bits per heavy atom. The summed E-state index contributed by atoms with van der Waals surface area (Å²) in [6, 6.07) is 12.0. The number of fused-ring (bicyclic) bond motifs is 2. The molecule has 0 aliphatic carbocycles. The lowest BCUT2D eigenvalue weighted by Crippen LogP contribution is -2.09. The largest absolute Gasteiger partial charge is 0.493 e. The Morgan fingerprint density at radius 1 is 0.810 bits per heavy atom. The van der Waals surface area contributed by atoms with Crippen LogP contribution < -0.4 is 9.47 Å². The average Bonchev–Trinajstić information content (AvgIpc) is 3.01. The van der Waals surface area contributed by atoms with Gasteiger partial charge in [-0.25, -0.2) is 0 Å². The second-order valence-corrected chi connectivity index (χ2v) is 5.69. The van der Waals surface area contributed by atoms with Gasteiger partial charge in [0.2, 0.25) is 0 Å². The molecule has 1 atom stereocenters. The highest BCUT2D eigenvalue weighted by Crippen LogP contribution is 2.33. The van der Waals surface area contributed by atoms with Crippen molar-refractivity contribution in [2.45, 2.75) is 25.4 Å². The molecule has 0 aromatic heterocycles. The molecule has 0 spiro atoms. The minimum absolute atomic E-state index is 0.594. The lowest BCUT2D eigenvalue weighted by Gasteiger charge is -2.20. The maximum Gasteiger partial charge on any atom is 0.122 e. The van der Waals surface area contributed by atoms with E-state index in [1.165, 1.54) is 11.1 Å². The maximum absolute atomic E-state index is 10.6. The molecule has 0 bridgehead atoms. The minimum atomic E-state index is -0.594. The van der Waals surface area contributed by atoms with Gasteiger partial charge < -0.3 is 14.6 Å². The topological polar surface area (TPSA) is 38.7 Å². The molecule has 2 heterocycles. The highest BCUT2D eigenvalue weighted by Gasteiger charge is 2.18. The Balaban J connectivity index is 1.66. The molecule has 108 valence electrons. The van der Waals surface area contributed by atoms with E-state index in [9.17, 15) is 5.11 Å². The van der Waals surface area contributed by atoms with Crippen LogP contribution in [0.2, 0.25) is 0 Å². The molecule has 3 heteroatoms. The van der Waals surface area contributed by atoms with Crippen molar-refractivity contribution in [3.63, 3.8) is 0 Å². The standard InChI is InChI=1S/C18H18O3/c19-18(15-4-6-17-13(11-15)7-9-21-17)14-3-5-16-12(10-14)2-1-8-20-16/h3-6,10-11,18-19H,1-2,7-9H2.